The van der Waals surface area contributed by atoms with E-state index in [0.717, 1.165) is 78.2 Å². The number of furan rings is 2. The lowest BCUT2D eigenvalue weighted by Gasteiger charge is -2.19. The molecule has 9 aromatic carbocycles. The van der Waals surface area contributed by atoms with Crippen molar-refractivity contribution in [3.8, 4) is 56.3 Å². The first-order valence-electron chi connectivity index (χ1n) is 27.7. The van der Waals surface area contributed by atoms with E-state index in [9.17, 15) is 0 Å². The fourth-order valence-corrected chi connectivity index (χ4v) is 11.8. The van der Waals surface area contributed by atoms with Crippen LogP contribution >= 0.6 is 0 Å². The summed E-state index contributed by atoms with van der Waals surface area (Å²) in [5.74, 6) is 1.62. The van der Waals surface area contributed by atoms with Crippen LogP contribution in [0.4, 0.5) is 0 Å². The van der Waals surface area contributed by atoms with Crippen LogP contribution in [0.15, 0.2) is 203 Å². The summed E-state index contributed by atoms with van der Waals surface area (Å²) in [6, 6.07) is 72.0. The minimum atomic E-state index is 0.0190. The number of aromatic nitrogens is 2. The smallest absolute Gasteiger partial charge is 0.136 e. The second-order valence-corrected chi connectivity index (χ2v) is 25.9. The molecule has 78 heavy (non-hydrogen) atoms. The number of nitrogens with zero attached hydrogens (tertiary/aromatic N) is 2. The van der Waals surface area contributed by atoms with Crippen LogP contribution in [0.2, 0.25) is 0 Å². The van der Waals surface area contributed by atoms with Gasteiger partial charge in [-0.3, -0.25) is 0 Å². The largest absolute Gasteiger partial charge is 0.456 e. The third-order valence-corrected chi connectivity index (χ3v) is 16.4. The molecule has 13 rings (SSSR count). The second kappa shape index (κ2) is 17.6. The molecule has 4 nitrogen and oxygen atoms in total. The molecule has 0 aliphatic rings. The average Bonchev–Trinajstić information content (AvgIpc) is 4.20. The van der Waals surface area contributed by atoms with E-state index in [0.29, 0.717) is 0 Å². The molecule has 0 unspecified atom stereocenters. The summed E-state index contributed by atoms with van der Waals surface area (Å²) in [6.07, 6.45) is 0. The Morgan fingerprint density at radius 3 is 0.859 bits per heavy atom. The Morgan fingerprint density at radius 2 is 0.577 bits per heavy atom. The van der Waals surface area contributed by atoms with Gasteiger partial charge in [-0.2, -0.15) is 0 Å². The molecule has 0 fully saturated rings. The Morgan fingerprint density at radius 1 is 0.282 bits per heavy atom. The zero-order valence-corrected chi connectivity index (χ0v) is 47.2. The molecule has 4 aromatic heterocycles. The summed E-state index contributed by atoms with van der Waals surface area (Å²) in [5, 5.41) is 7.23. The van der Waals surface area contributed by atoms with Crippen LogP contribution in [0.5, 0.6) is 0 Å². The molecule has 4 heteroatoms. The number of hydrogen-bond acceptors (Lipinski definition) is 2. The Bertz CT molecular complexity index is 4000. The average molecular weight is 1020 g/mol. The quantitative estimate of drug-likeness (QED) is 0.166. The number of fused-ring (bicyclic) bond motifs is 8. The van der Waals surface area contributed by atoms with E-state index in [1.54, 1.807) is 0 Å². The van der Waals surface area contributed by atoms with Gasteiger partial charge in [0.2, 0.25) is 0 Å². The van der Waals surface area contributed by atoms with Crippen LogP contribution in [0.3, 0.4) is 0 Å². The van der Waals surface area contributed by atoms with Crippen LogP contribution in [0.1, 0.15) is 105 Å². The maximum Gasteiger partial charge on any atom is 0.136 e. The number of para-hydroxylation sites is 2. The normalized spacial score (nSPS) is 12.9. The zero-order valence-electron chi connectivity index (χ0n) is 47.2. The summed E-state index contributed by atoms with van der Waals surface area (Å²) < 4.78 is 18.5. The van der Waals surface area contributed by atoms with Gasteiger partial charge in [0.15, 0.2) is 0 Å². The topological polar surface area (TPSA) is 36.1 Å². The van der Waals surface area contributed by atoms with Gasteiger partial charge in [-0.1, -0.05) is 168 Å². The van der Waals surface area contributed by atoms with Gasteiger partial charge in [-0.15, -0.1) is 0 Å². The number of hydrogen-bond donors (Lipinski definition) is 0. The Hall–Kier alpha value is -8.34. The predicted molar refractivity (Wildman–Crippen MR) is 331 cm³/mol. The van der Waals surface area contributed by atoms with E-state index in [1.165, 1.54) is 65.9 Å². The van der Waals surface area contributed by atoms with Crippen molar-refractivity contribution in [2.24, 2.45) is 0 Å². The SMILES string of the molecule is CC(C)(C)c1ccc2c(c1)c1cc(C(C)(C)C)ccc1n2-c1ccc(-c2cc(-c3cc4ccccc4o3)c(-c3ccc(-n4c5ccc(C(C)(C)C)cc5c5cc(C(C)(C)C)ccc54)cc3)cc2-c2cc3ccccc3o2)cc1. The molecule has 0 N–H and O–H groups in total. The van der Waals surface area contributed by atoms with Crippen molar-refractivity contribution in [1.29, 1.82) is 0 Å². The fourth-order valence-electron chi connectivity index (χ4n) is 11.8. The molecule has 4 heterocycles. The molecule has 0 aliphatic heterocycles. The highest BCUT2D eigenvalue weighted by molar-refractivity contribution is 6.11. The van der Waals surface area contributed by atoms with Crippen molar-refractivity contribution in [2.45, 2.75) is 105 Å². The van der Waals surface area contributed by atoms with Gasteiger partial charge in [-0.25, -0.2) is 0 Å². The van der Waals surface area contributed by atoms with Crippen LogP contribution < -0.4 is 0 Å². The highest BCUT2D eigenvalue weighted by Gasteiger charge is 2.25. The highest BCUT2D eigenvalue weighted by atomic mass is 16.3. The summed E-state index contributed by atoms with van der Waals surface area (Å²) in [5.41, 5.74) is 20.4. The van der Waals surface area contributed by atoms with Gasteiger partial charge >= 0.3 is 0 Å². The molecule has 0 bridgehead atoms. The van der Waals surface area contributed by atoms with Gasteiger partial charge in [0, 0.05) is 54.8 Å². The Labute approximate surface area is 458 Å². The molecule has 386 valence electrons. The first kappa shape index (κ1) is 49.2. The van der Waals surface area contributed by atoms with E-state index < -0.39 is 0 Å². The zero-order chi connectivity index (χ0) is 54.2. The molecular formula is C74H68N2O2. The van der Waals surface area contributed by atoms with Gasteiger partial charge < -0.3 is 18.0 Å². The number of benzene rings is 9. The molecule has 0 radical (unpaired) electrons. The minimum absolute atomic E-state index is 0.0190. The van der Waals surface area contributed by atoms with Crippen molar-refractivity contribution in [3.05, 3.63) is 216 Å². The third-order valence-electron chi connectivity index (χ3n) is 16.4. The lowest BCUT2D eigenvalue weighted by atomic mass is 9.85. The first-order chi connectivity index (χ1) is 37.2. The standard InChI is InChI=1S/C74H68N2O2/c1-71(2,3)49-25-33-63-57(39-49)58-40-50(72(4,5)6)26-34-64(58)75(63)53-29-21-45(22-30-53)55-43-62(70-38-48-18-14-16-20-68(48)78-70)56(44-61(55)69-37-47-17-13-15-19-67(47)77-69)46-23-31-54(32-24-46)76-65-35-27-51(73(7,8)9)41-59(65)60-42-52(74(10,11)12)28-36-66(60)76/h13-44H,1-12H3. The van der Waals surface area contributed by atoms with E-state index in [1.807, 2.05) is 12.1 Å². The van der Waals surface area contributed by atoms with Crippen molar-refractivity contribution >= 4 is 65.6 Å². The maximum absolute atomic E-state index is 6.82. The van der Waals surface area contributed by atoms with Crippen molar-refractivity contribution in [1.82, 2.24) is 9.13 Å². The predicted octanol–water partition coefficient (Wildman–Crippen LogP) is 21.2. The highest BCUT2D eigenvalue weighted by Crippen LogP contribution is 2.46. The second-order valence-electron chi connectivity index (χ2n) is 25.9. The van der Waals surface area contributed by atoms with Crippen molar-refractivity contribution in [3.63, 3.8) is 0 Å². The van der Waals surface area contributed by atoms with Crippen LogP contribution in [-0.4, -0.2) is 9.13 Å². The summed E-state index contributed by atoms with van der Waals surface area (Å²) in [4.78, 5) is 0. The molecule has 0 atom stereocenters. The molecule has 13 aromatic rings. The first-order valence-corrected chi connectivity index (χ1v) is 27.7. The summed E-state index contributed by atoms with van der Waals surface area (Å²) in [7, 11) is 0. The molecular weight excluding hydrogens is 949 g/mol. The van der Waals surface area contributed by atoms with Gasteiger partial charge in [0.1, 0.15) is 22.7 Å². The summed E-state index contributed by atoms with van der Waals surface area (Å²) >= 11 is 0. The molecule has 0 saturated heterocycles. The van der Waals surface area contributed by atoms with Gasteiger partial charge in [-0.05, 0) is 175 Å². The van der Waals surface area contributed by atoms with Crippen LogP contribution in [0, 0.1) is 0 Å². The monoisotopic (exact) mass is 1020 g/mol. The van der Waals surface area contributed by atoms with Crippen molar-refractivity contribution < 1.29 is 8.83 Å². The molecule has 0 aliphatic carbocycles. The minimum Gasteiger partial charge on any atom is -0.456 e. The van der Waals surface area contributed by atoms with Gasteiger partial charge in [0.05, 0.1) is 22.1 Å². The van der Waals surface area contributed by atoms with Crippen molar-refractivity contribution in [2.75, 3.05) is 0 Å². The lowest BCUT2D eigenvalue weighted by molar-refractivity contribution is 0.590. The maximum atomic E-state index is 6.82. The fraction of sp³-hybridized carbons (Fsp3) is 0.216. The molecule has 0 saturated carbocycles. The third kappa shape index (κ3) is 8.36. The number of rotatable bonds is 6. The van der Waals surface area contributed by atoms with Gasteiger partial charge in [0.25, 0.3) is 0 Å². The summed E-state index contributed by atoms with van der Waals surface area (Å²) in [6.45, 7) is 27.6. The van der Waals surface area contributed by atoms with E-state index in [2.05, 4.69) is 274 Å². The Kier molecular flexibility index (Phi) is 11.1. The van der Waals surface area contributed by atoms with E-state index in [4.69, 9.17) is 8.83 Å². The van der Waals surface area contributed by atoms with E-state index in [-0.39, 0.29) is 21.7 Å². The Balaban J connectivity index is 0.997. The van der Waals surface area contributed by atoms with Crippen LogP contribution in [0.25, 0.3) is 122 Å². The lowest BCUT2D eigenvalue weighted by Crippen LogP contribution is -2.10. The molecule has 0 amide bonds. The molecule has 0 spiro atoms. The van der Waals surface area contributed by atoms with Crippen LogP contribution in [-0.2, 0) is 21.7 Å². The van der Waals surface area contributed by atoms with E-state index >= 15 is 0 Å².